The van der Waals surface area contributed by atoms with Gasteiger partial charge in [-0.1, -0.05) is 18.2 Å². The SMILES string of the molecule is C[C@@H](OC(=O)c1cc2ccccc2s1)C(=O)N1CCOCC1. The third-order valence-corrected chi connectivity index (χ3v) is 4.68. The van der Waals surface area contributed by atoms with Gasteiger partial charge >= 0.3 is 5.97 Å². The van der Waals surface area contributed by atoms with Gasteiger partial charge in [0.25, 0.3) is 5.91 Å². The number of carbonyl (C=O) groups excluding carboxylic acids is 2. The molecule has 116 valence electrons. The van der Waals surface area contributed by atoms with Crippen LogP contribution in [0.1, 0.15) is 16.6 Å². The largest absolute Gasteiger partial charge is 0.448 e. The van der Waals surface area contributed by atoms with Crippen molar-refractivity contribution < 1.29 is 19.1 Å². The van der Waals surface area contributed by atoms with Gasteiger partial charge in [-0.25, -0.2) is 4.79 Å². The van der Waals surface area contributed by atoms with E-state index in [4.69, 9.17) is 9.47 Å². The molecule has 0 saturated carbocycles. The van der Waals surface area contributed by atoms with Gasteiger partial charge in [-0.15, -0.1) is 11.3 Å². The second kappa shape index (κ2) is 6.46. The van der Waals surface area contributed by atoms with Gasteiger partial charge in [-0.05, 0) is 24.4 Å². The van der Waals surface area contributed by atoms with E-state index in [0.717, 1.165) is 10.1 Å². The van der Waals surface area contributed by atoms with Gasteiger partial charge in [0, 0.05) is 17.8 Å². The maximum atomic E-state index is 12.2. The van der Waals surface area contributed by atoms with Crippen LogP contribution in [0.2, 0.25) is 0 Å². The van der Waals surface area contributed by atoms with Crippen LogP contribution in [0.3, 0.4) is 0 Å². The number of thiophene rings is 1. The minimum Gasteiger partial charge on any atom is -0.448 e. The summed E-state index contributed by atoms with van der Waals surface area (Å²) in [6.45, 7) is 3.77. The van der Waals surface area contributed by atoms with Crippen LogP contribution in [0.15, 0.2) is 30.3 Å². The number of hydrogen-bond acceptors (Lipinski definition) is 5. The summed E-state index contributed by atoms with van der Waals surface area (Å²) in [6.07, 6.45) is -0.782. The third-order valence-electron chi connectivity index (χ3n) is 3.58. The molecule has 5 nitrogen and oxygen atoms in total. The number of esters is 1. The average Bonchev–Trinajstić information content (AvgIpc) is 2.99. The number of ether oxygens (including phenoxy) is 2. The zero-order chi connectivity index (χ0) is 15.5. The molecule has 1 amide bonds. The minimum absolute atomic E-state index is 0.169. The fourth-order valence-corrected chi connectivity index (χ4v) is 3.34. The number of hydrogen-bond donors (Lipinski definition) is 0. The van der Waals surface area contributed by atoms with Crippen molar-refractivity contribution in [2.75, 3.05) is 26.3 Å². The fourth-order valence-electron chi connectivity index (χ4n) is 2.39. The first-order valence-electron chi connectivity index (χ1n) is 7.21. The Morgan fingerprint density at radius 2 is 2.00 bits per heavy atom. The van der Waals surface area contributed by atoms with Crippen molar-refractivity contribution in [3.05, 3.63) is 35.2 Å². The molecule has 1 atom stereocenters. The first kappa shape index (κ1) is 15.0. The molecule has 1 saturated heterocycles. The summed E-state index contributed by atoms with van der Waals surface area (Å²) in [5.41, 5.74) is 0. The molecule has 0 N–H and O–H groups in total. The van der Waals surface area contributed by atoms with E-state index in [1.54, 1.807) is 17.9 Å². The molecule has 3 rings (SSSR count). The van der Waals surface area contributed by atoms with E-state index in [9.17, 15) is 9.59 Å². The number of rotatable bonds is 3. The monoisotopic (exact) mass is 319 g/mol. The normalized spacial score (nSPS) is 16.5. The highest BCUT2D eigenvalue weighted by molar-refractivity contribution is 7.20. The summed E-state index contributed by atoms with van der Waals surface area (Å²) >= 11 is 1.38. The molecular formula is C16H17NO4S. The number of morpholine rings is 1. The standard InChI is InChI=1S/C16H17NO4S/c1-11(15(18)17-6-8-20-9-7-17)21-16(19)14-10-12-4-2-3-5-13(12)22-14/h2-5,10-11H,6-9H2,1H3/t11-/m1/s1. The molecule has 1 aromatic carbocycles. The number of fused-ring (bicyclic) bond motifs is 1. The van der Waals surface area contributed by atoms with E-state index < -0.39 is 12.1 Å². The maximum absolute atomic E-state index is 12.2. The summed E-state index contributed by atoms with van der Waals surface area (Å²) in [7, 11) is 0. The van der Waals surface area contributed by atoms with Gasteiger partial charge in [0.2, 0.25) is 0 Å². The van der Waals surface area contributed by atoms with Crippen LogP contribution in [-0.2, 0) is 14.3 Å². The number of carbonyl (C=O) groups is 2. The van der Waals surface area contributed by atoms with Crippen molar-refractivity contribution in [1.29, 1.82) is 0 Å². The number of amides is 1. The fraction of sp³-hybridized carbons (Fsp3) is 0.375. The average molecular weight is 319 g/mol. The molecule has 1 fully saturated rings. The molecule has 1 aromatic heterocycles. The van der Waals surface area contributed by atoms with Crippen LogP contribution in [0.5, 0.6) is 0 Å². The predicted octanol–water partition coefficient (Wildman–Crippen LogP) is 2.31. The van der Waals surface area contributed by atoms with Crippen molar-refractivity contribution in [3.63, 3.8) is 0 Å². The topological polar surface area (TPSA) is 55.8 Å². The number of benzene rings is 1. The molecule has 0 unspecified atom stereocenters. The molecule has 1 aliphatic rings. The van der Waals surface area contributed by atoms with Crippen molar-refractivity contribution in [2.24, 2.45) is 0 Å². The van der Waals surface area contributed by atoms with E-state index in [-0.39, 0.29) is 5.91 Å². The van der Waals surface area contributed by atoms with Crippen LogP contribution >= 0.6 is 11.3 Å². The first-order valence-corrected chi connectivity index (χ1v) is 8.03. The van der Waals surface area contributed by atoms with Crippen LogP contribution in [0.4, 0.5) is 0 Å². The Morgan fingerprint density at radius 1 is 1.27 bits per heavy atom. The van der Waals surface area contributed by atoms with E-state index in [1.165, 1.54) is 11.3 Å². The van der Waals surface area contributed by atoms with Crippen molar-refractivity contribution in [2.45, 2.75) is 13.0 Å². The van der Waals surface area contributed by atoms with E-state index in [1.807, 2.05) is 24.3 Å². The Labute approximate surface area is 132 Å². The molecule has 2 heterocycles. The Kier molecular flexibility index (Phi) is 4.40. The highest BCUT2D eigenvalue weighted by atomic mass is 32.1. The van der Waals surface area contributed by atoms with Gasteiger partial charge in [-0.3, -0.25) is 4.79 Å². The lowest BCUT2D eigenvalue weighted by Gasteiger charge is -2.28. The van der Waals surface area contributed by atoms with Crippen molar-refractivity contribution in [3.8, 4) is 0 Å². The highest BCUT2D eigenvalue weighted by Gasteiger charge is 2.26. The lowest BCUT2D eigenvalue weighted by Crippen LogP contribution is -2.46. The summed E-state index contributed by atoms with van der Waals surface area (Å²) in [5, 5.41) is 1.01. The third kappa shape index (κ3) is 3.13. The molecule has 0 radical (unpaired) electrons. The van der Waals surface area contributed by atoms with Crippen LogP contribution < -0.4 is 0 Å². The molecule has 1 aliphatic heterocycles. The van der Waals surface area contributed by atoms with Gasteiger partial charge in [0.15, 0.2) is 6.10 Å². The highest BCUT2D eigenvalue weighted by Crippen LogP contribution is 2.26. The lowest BCUT2D eigenvalue weighted by atomic mass is 10.2. The quantitative estimate of drug-likeness (QED) is 0.815. The van der Waals surface area contributed by atoms with Crippen LogP contribution in [0.25, 0.3) is 10.1 Å². The lowest BCUT2D eigenvalue weighted by molar-refractivity contribution is -0.143. The molecule has 22 heavy (non-hydrogen) atoms. The smallest absolute Gasteiger partial charge is 0.349 e. The number of nitrogens with zero attached hydrogens (tertiary/aromatic N) is 1. The zero-order valence-corrected chi connectivity index (χ0v) is 13.1. The van der Waals surface area contributed by atoms with E-state index in [0.29, 0.717) is 31.2 Å². The maximum Gasteiger partial charge on any atom is 0.349 e. The van der Waals surface area contributed by atoms with Crippen LogP contribution in [0, 0.1) is 0 Å². The Morgan fingerprint density at radius 3 is 2.73 bits per heavy atom. The summed E-state index contributed by atoms with van der Waals surface area (Å²) in [5.74, 6) is -0.618. The van der Waals surface area contributed by atoms with Crippen LogP contribution in [-0.4, -0.2) is 49.2 Å². The summed E-state index contributed by atoms with van der Waals surface area (Å²) in [4.78, 5) is 26.6. The molecule has 0 bridgehead atoms. The van der Waals surface area contributed by atoms with E-state index >= 15 is 0 Å². The Balaban J connectivity index is 1.66. The van der Waals surface area contributed by atoms with Gasteiger partial charge in [0.05, 0.1) is 13.2 Å². The summed E-state index contributed by atoms with van der Waals surface area (Å²) < 4.78 is 11.6. The minimum atomic E-state index is -0.782. The molecule has 2 aromatic rings. The Hall–Kier alpha value is -1.92. The van der Waals surface area contributed by atoms with E-state index in [2.05, 4.69) is 0 Å². The molecular weight excluding hydrogens is 302 g/mol. The molecule has 6 heteroatoms. The summed E-state index contributed by atoms with van der Waals surface area (Å²) in [6, 6.07) is 9.56. The second-order valence-electron chi connectivity index (χ2n) is 5.13. The molecule has 0 aliphatic carbocycles. The first-order chi connectivity index (χ1) is 10.6. The Bertz CT molecular complexity index is 657. The second-order valence-corrected chi connectivity index (χ2v) is 6.22. The molecule has 0 spiro atoms. The van der Waals surface area contributed by atoms with Crippen molar-refractivity contribution in [1.82, 2.24) is 4.90 Å². The predicted molar refractivity (Wildman–Crippen MR) is 84.1 cm³/mol. The van der Waals surface area contributed by atoms with Crippen molar-refractivity contribution >= 4 is 33.3 Å². The van der Waals surface area contributed by atoms with Gasteiger partial charge in [0.1, 0.15) is 4.88 Å². The zero-order valence-electron chi connectivity index (χ0n) is 12.3. The van der Waals surface area contributed by atoms with Gasteiger partial charge < -0.3 is 14.4 Å². The van der Waals surface area contributed by atoms with Gasteiger partial charge in [-0.2, -0.15) is 0 Å².